The van der Waals surface area contributed by atoms with Gasteiger partial charge in [0.15, 0.2) is 0 Å². The zero-order valence-electron chi connectivity index (χ0n) is 9.24. The molecule has 3 unspecified atom stereocenters. The van der Waals surface area contributed by atoms with Crippen LogP contribution in [0.15, 0.2) is 0 Å². The lowest BCUT2D eigenvalue weighted by atomic mass is 10.00. The van der Waals surface area contributed by atoms with E-state index in [1.807, 2.05) is 0 Å². The largest absolute Gasteiger partial charge is 0.393 e. The quantitative estimate of drug-likeness (QED) is 0.676. The van der Waals surface area contributed by atoms with E-state index in [1.54, 1.807) is 0 Å². The molecule has 1 aliphatic heterocycles. The molecule has 2 rings (SSSR count). The van der Waals surface area contributed by atoms with E-state index < -0.39 is 0 Å². The lowest BCUT2D eigenvalue weighted by Gasteiger charge is -2.27. The maximum absolute atomic E-state index is 9.76. The average molecular weight is 198 g/mol. The van der Waals surface area contributed by atoms with Gasteiger partial charge >= 0.3 is 0 Å². The summed E-state index contributed by atoms with van der Waals surface area (Å²) in [5.74, 6) is 1.25. The van der Waals surface area contributed by atoms with E-state index in [0.29, 0.717) is 5.92 Å². The summed E-state index contributed by atoms with van der Waals surface area (Å²) in [4.78, 5) is 2.41. The van der Waals surface area contributed by atoms with Crippen LogP contribution >= 0.6 is 0 Å². The molecular weight excluding hydrogens is 176 g/mol. The van der Waals surface area contributed by atoms with Crippen LogP contribution in [0.3, 0.4) is 0 Å². The highest BCUT2D eigenvalue weighted by molar-refractivity contribution is 4.95. The zero-order chi connectivity index (χ0) is 10.3. The van der Waals surface area contributed by atoms with Crippen LogP contribution in [0.5, 0.6) is 0 Å². The molecule has 1 saturated carbocycles. The third-order valence-electron chi connectivity index (χ3n) is 3.53. The van der Waals surface area contributed by atoms with Crippen LogP contribution in [0, 0.1) is 11.8 Å². The Morgan fingerprint density at radius 3 is 2.64 bits per heavy atom. The summed E-state index contributed by atoms with van der Waals surface area (Å²) in [6.45, 7) is 7.27. The number of likely N-dealkylation sites (tertiary alicyclic amines) is 1. The number of hydrogen-bond acceptors (Lipinski definition) is 3. The normalized spacial score (nSPS) is 39.0. The molecule has 14 heavy (non-hydrogen) atoms. The second kappa shape index (κ2) is 3.47. The molecule has 0 amide bonds. The van der Waals surface area contributed by atoms with Gasteiger partial charge in [-0.2, -0.15) is 0 Å². The highest BCUT2D eigenvalue weighted by atomic mass is 16.3. The van der Waals surface area contributed by atoms with Crippen molar-refractivity contribution in [2.24, 2.45) is 17.6 Å². The lowest BCUT2D eigenvalue weighted by molar-refractivity contribution is 0.122. The molecule has 0 aromatic carbocycles. The molecule has 0 bridgehead atoms. The van der Waals surface area contributed by atoms with Crippen molar-refractivity contribution in [3.8, 4) is 0 Å². The number of rotatable bonds is 2. The van der Waals surface area contributed by atoms with Crippen LogP contribution in [0.4, 0.5) is 0 Å². The van der Waals surface area contributed by atoms with Crippen LogP contribution in [-0.2, 0) is 0 Å². The first-order valence-corrected chi connectivity index (χ1v) is 5.65. The highest BCUT2D eigenvalue weighted by Gasteiger charge is 2.42. The van der Waals surface area contributed by atoms with Crippen LogP contribution in [0.1, 0.15) is 26.7 Å². The number of aliphatic hydroxyl groups excluding tert-OH is 1. The molecule has 1 saturated heterocycles. The summed E-state index contributed by atoms with van der Waals surface area (Å²) in [6.07, 6.45) is 2.16. The van der Waals surface area contributed by atoms with Crippen molar-refractivity contribution in [2.45, 2.75) is 38.3 Å². The standard InChI is InChI=1S/C11H22N2O/c1-11(2,12)7-13-5-8-3-4-10(14)9(8)6-13/h8-10,14H,3-7,12H2,1-2H3. The van der Waals surface area contributed by atoms with Gasteiger partial charge in [0.25, 0.3) is 0 Å². The molecule has 3 atom stereocenters. The number of fused-ring (bicyclic) bond motifs is 1. The van der Waals surface area contributed by atoms with Crippen LogP contribution in [0.2, 0.25) is 0 Å². The van der Waals surface area contributed by atoms with Crippen LogP contribution < -0.4 is 5.73 Å². The Hall–Kier alpha value is -0.120. The molecule has 3 nitrogen and oxygen atoms in total. The minimum absolute atomic E-state index is 0.0501. The topological polar surface area (TPSA) is 49.5 Å². The van der Waals surface area contributed by atoms with E-state index in [0.717, 1.165) is 32.0 Å². The Bertz CT molecular complexity index is 212. The van der Waals surface area contributed by atoms with Gasteiger partial charge in [-0.3, -0.25) is 0 Å². The Morgan fingerprint density at radius 2 is 2.07 bits per heavy atom. The molecule has 3 heteroatoms. The second-order valence-electron chi connectivity index (χ2n) is 5.75. The van der Waals surface area contributed by atoms with E-state index in [-0.39, 0.29) is 11.6 Å². The van der Waals surface area contributed by atoms with E-state index in [9.17, 15) is 5.11 Å². The van der Waals surface area contributed by atoms with Gasteiger partial charge in [0.05, 0.1) is 6.10 Å². The number of aliphatic hydroxyl groups is 1. The van der Waals surface area contributed by atoms with Gasteiger partial charge in [-0.1, -0.05) is 0 Å². The lowest BCUT2D eigenvalue weighted by Crippen LogP contribution is -2.45. The van der Waals surface area contributed by atoms with Gasteiger partial charge in [-0.25, -0.2) is 0 Å². The van der Waals surface area contributed by atoms with Crippen LogP contribution in [0.25, 0.3) is 0 Å². The van der Waals surface area contributed by atoms with Gasteiger partial charge in [0.2, 0.25) is 0 Å². The van der Waals surface area contributed by atoms with E-state index in [1.165, 1.54) is 6.42 Å². The van der Waals surface area contributed by atoms with Crippen molar-refractivity contribution < 1.29 is 5.11 Å². The summed E-state index contributed by atoms with van der Waals surface area (Å²) in [5.41, 5.74) is 5.89. The fourth-order valence-electron chi connectivity index (χ4n) is 3.03. The molecular formula is C11H22N2O. The third kappa shape index (κ3) is 2.10. The fraction of sp³-hybridized carbons (Fsp3) is 1.00. The first kappa shape index (κ1) is 10.4. The van der Waals surface area contributed by atoms with E-state index >= 15 is 0 Å². The molecule has 0 spiro atoms. The maximum atomic E-state index is 9.76. The average Bonchev–Trinajstić information content (AvgIpc) is 2.51. The van der Waals surface area contributed by atoms with Gasteiger partial charge in [-0.15, -0.1) is 0 Å². The van der Waals surface area contributed by atoms with Gasteiger partial charge < -0.3 is 15.7 Å². The fourth-order valence-corrected chi connectivity index (χ4v) is 3.03. The SMILES string of the molecule is CC(C)(N)CN1CC2CCC(O)C2C1. The van der Waals surface area contributed by atoms with E-state index in [4.69, 9.17) is 5.73 Å². The summed E-state index contributed by atoms with van der Waals surface area (Å²) >= 11 is 0. The number of nitrogens with two attached hydrogens (primary N) is 1. The van der Waals surface area contributed by atoms with Crippen molar-refractivity contribution in [3.63, 3.8) is 0 Å². The monoisotopic (exact) mass is 198 g/mol. The molecule has 2 fully saturated rings. The highest BCUT2D eigenvalue weighted by Crippen LogP contribution is 2.38. The first-order chi connectivity index (χ1) is 6.46. The smallest absolute Gasteiger partial charge is 0.0583 e. The maximum Gasteiger partial charge on any atom is 0.0583 e. The van der Waals surface area contributed by atoms with Crippen molar-refractivity contribution in [1.29, 1.82) is 0 Å². The minimum Gasteiger partial charge on any atom is -0.393 e. The molecule has 82 valence electrons. The molecule has 1 aliphatic carbocycles. The Balaban J connectivity index is 1.90. The Morgan fingerprint density at radius 1 is 1.36 bits per heavy atom. The summed E-state index contributed by atoms with van der Waals surface area (Å²) < 4.78 is 0. The predicted octanol–water partition coefficient (Wildman–Crippen LogP) is 0.426. The van der Waals surface area contributed by atoms with Gasteiger partial charge in [-0.05, 0) is 32.6 Å². The van der Waals surface area contributed by atoms with Gasteiger partial charge in [0, 0.05) is 31.1 Å². The molecule has 2 aliphatic rings. The Labute approximate surface area is 86.3 Å². The van der Waals surface area contributed by atoms with Crippen molar-refractivity contribution in [2.75, 3.05) is 19.6 Å². The summed E-state index contributed by atoms with van der Waals surface area (Å²) in [7, 11) is 0. The minimum atomic E-state index is -0.108. The molecule has 0 aromatic heterocycles. The number of hydrogen-bond donors (Lipinski definition) is 2. The Kier molecular flexibility index (Phi) is 2.58. The van der Waals surface area contributed by atoms with E-state index in [2.05, 4.69) is 18.7 Å². The van der Waals surface area contributed by atoms with Crippen molar-refractivity contribution >= 4 is 0 Å². The number of nitrogens with zero attached hydrogens (tertiary/aromatic N) is 1. The zero-order valence-corrected chi connectivity index (χ0v) is 9.24. The van der Waals surface area contributed by atoms with Crippen LogP contribution in [-0.4, -0.2) is 41.3 Å². The van der Waals surface area contributed by atoms with Crippen molar-refractivity contribution in [1.82, 2.24) is 4.90 Å². The molecule has 3 N–H and O–H groups in total. The summed E-state index contributed by atoms with van der Waals surface area (Å²) in [5, 5.41) is 9.76. The second-order valence-corrected chi connectivity index (χ2v) is 5.75. The van der Waals surface area contributed by atoms with Gasteiger partial charge in [0.1, 0.15) is 0 Å². The van der Waals surface area contributed by atoms with Crippen molar-refractivity contribution in [3.05, 3.63) is 0 Å². The summed E-state index contributed by atoms with van der Waals surface area (Å²) in [6, 6.07) is 0. The predicted molar refractivity (Wildman–Crippen MR) is 56.9 cm³/mol. The third-order valence-corrected chi connectivity index (χ3v) is 3.53. The molecule has 1 heterocycles. The molecule has 0 radical (unpaired) electrons. The first-order valence-electron chi connectivity index (χ1n) is 5.65. The molecule has 0 aromatic rings.